The van der Waals surface area contributed by atoms with Gasteiger partial charge in [-0.15, -0.1) is 0 Å². The minimum Gasteiger partial charge on any atom is -0.486 e. The lowest BCUT2D eigenvalue weighted by atomic mass is 10.1. The van der Waals surface area contributed by atoms with Crippen molar-refractivity contribution in [1.29, 1.82) is 0 Å². The second-order valence-electron chi connectivity index (χ2n) is 7.68. The number of amides is 1. The van der Waals surface area contributed by atoms with E-state index < -0.39 is 10.0 Å². The minimum absolute atomic E-state index is 0.0432. The predicted octanol–water partition coefficient (Wildman–Crippen LogP) is 1.96. The van der Waals surface area contributed by atoms with Gasteiger partial charge >= 0.3 is 0 Å². The van der Waals surface area contributed by atoms with Crippen molar-refractivity contribution in [3.05, 3.63) is 48.0 Å². The first-order valence-electron chi connectivity index (χ1n) is 10.8. The highest BCUT2D eigenvalue weighted by Gasteiger charge is 2.31. The molecule has 33 heavy (non-hydrogen) atoms. The molecule has 1 amide bonds. The van der Waals surface area contributed by atoms with Gasteiger partial charge in [-0.25, -0.2) is 8.42 Å². The Kier molecular flexibility index (Phi) is 6.85. The van der Waals surface area contributed by atoms with Crippen LogP contribution in [0.3, 0.4) is 0 Å². The van der Waals surface area contributed by atoms with Crippen LogP contribution in [0.4, 0.5) is 0 Å². The van der Waals surface area contributed by atoms with Gasteiger partial charge in [0.1, 0.15) is 19.0 Å². The summed E-state index contributed by atoms with van der Waals surface area (Å²) in [5.41, 5.74) is 0.603. The molecule has 0 spiro atoms. The van der Waals surface area contributed by atoms with Crippen LogP contribution in [0.2, 0.25) is 0 Å². The molecule has 0 atom stereocenters. The third-order valence-corrected chi connectivity index (χ3v) is 7.50. The zero-order valence-corrected chi connectivity index (χ0v) is 19.2. The molecule has 0 unspecified atom stereocenters. The second-order valence-corrected chi connectivity index (χ2v) is 9.62. The lowest BCUT2D eigenvalue weighted by Crippen LogP contribution is -2.51. The zero-order valence-electron chi connectivity index (χ0n) is 18.4. The largest absolute Gasteiger partial charge is 0.486 e. The Morgan fingerprint density at radius 1 is 0.939 bits per heavy atom. The fraction of sp³-hybridized carbons (Fsp3) is 0.391. The summed E-state index contributed by atoms with van der Waals surface area (Å²) < 4.78 is 43.9. The average molecular weight is 475 g/mol. The van der Waals surface area contributed by atoms with Crippen LogP contribution in [-0.2, 0) is 14.8 Å². The van der Waals surface area contributed by atoms with Crippen LogP contribution in [0.25, 0.3) is 0 Å². The summed E-state index contributed by atoms with van der Waals surface area (Å²) in [4.78, 5) is 25.9. The molecule has 2 aliphatic rings. The summed E-state index contributed by atoms with van der Waals surface area (Å²) >= 11 is 0. The molecule has 2 heterocycles. The topological polar surface area (TPSA) is 102 Å². The van der Waals surface area contributed by atoms with Crippen LogP contribution in [0.5, 0.6) is 17.2 Å². The Hall–Kier alpha value is -3.11. The van der Waals surface area contributed by atoms with Crippen LogP contribution in [0.15, 0.2) is 47.4 Å². The Labute approximate surface area is 192 Å². The molecule has 10 heteroatoms. The predicted molar refractivity (Wildman–Crippen MR) is 119 cm³/mol. The van der Waals surface area contributed by atoms with Crippen LogP contribution in [0.1, 0.15) is 23.7 Å². The standard InChI is InChI=1S/C23H26N2O7S/c1-2-20(26)17-3-5-18(6-4-17)32-16-23(27)24-9-11-25(12-10-24)33(28,29)19-7-8-21-22(15-19)31-14-13-30-21/h3-8,15H,2,9-14,16H2,1H3. The van der Waals surface area contributed by atoms with Crippen molar-refractivity contribution >= 4 is 21.7 Å². The van der Waals surface area contributed by atoms with Crippen molar-refractivity contribution in [3.63, 3.8) is 0 Å². The highest BCUT2D eigenvalue weighted by molar-refractivity contribution is 7.89. The van der Waals surface area contributed by atoms with Crippen molar-refractivity contribution in [2.45, 2.75) is 18.2 Å². The van der Waals surface area contributed by atoms with E-state index in [1.165, 1.54) is 16.4 Å². The van der Waals surface area contributed by atoms with Crippen molar-refractivity contribution in [2.24, 2.45) is 0 Å². The number of Topliss-reactive ketones (excluding diaryl/α,β-unsaturated/α-hetero) is 1. The lowest BCUT2D eigenvalue weighted by molar-refractivity contribution is -0.134. The third-order valence-electron chi connectivity index (χ3n) is 5.60. The Bertz CT molecular complexity index is 1120. The molecular formula is C23H26N2O7S. The maximum Gasteiger partial charge on any atom is 0.260 e. The Morgan fingerprint density at radius 2 is 1.61 bits per heavy atom. The van der Waals surface area contributed by atoms with Crippen molar-refractivity contribution in [3.8, 4) is 17.2 Å². The van der Waals surface area contributed by atoms with Crippen LogP contribution < -0.4 is 14.2 Å². The molecule has 0 saturated carbocycles. The number of rotatable bonds is 7. The number of ether oxygens (including phenoxy) is 3. The van der Waals surface area contributed by atoms with E-state index in [1.807, 2.05) is 0 Å². The van der Waals surface area contributed by atoms with Gasteiger partial charge in [0, 0.05) is 44.2 Å². The van der Waals surface area contributed by atoms with Gasteiger partial charge in [0.2, 0.25) is 10.0 Å². The Balaban J connectivity index is 1.31. The Morgan fingerprint density at radius 3 is 2.27 bits per heavy atom. The maximum absolute atomic E-state index is 13.0. The number of benzene rings is 2. The van der Waals surface area contributed by atoms with Gasteiger partial charge in [0.05, 0.1) is 4.90 Å². The molecule has 2 aromatic rings. The van der Waals surface area contributed by atoms with Crippen LogP contribution in [-0.4, -0.2) is 75.3 Å². The van der Waals surface area contributed by atoms with Gasteiger partial charge in [0.15, 0.2) is 23.9 Å². The van der Waals surface area contributed by atoms with Gasteiger partial charge in [-0.1, -0.05) is 6.92 Å². The van der Waals surface area contributed by atoms with Crippen molar-refractivity contribution in [1.82, 2.24) is 9.21 Å². The highest BCUT2D eigenvalue weighted by atomic mass is 32.2. The van der Waals surface area contributed by atoms with E-state index in [2.05, 4.69) is 0 Å². The molecule has 2 aliphatic heterocycles. The van der Waals surface area contributed by atoms with E-state index in [4.69, 9.17) is 14.2 Å². The molecule has 9 nitrogen and oxygen atoms in total. The number of fused-ring (bicyclic) bond motifs is 1. The van der Waals surface area contributed by atoms with E-state index in [-0.39, 0.29) is 49.4 Å². The van der Waals surface area contributed by atoms with Crippen LogP contribution >= 0.6 is 0 Å². The van der Waals surface area contributed by atoms with Crippen molar-refractivity contribution in [2.75, 3.05) is 46.0 Å². The number of piperazine rings is 1. The van der Waals surface area contributed by atoms with Gasteiger partial charge in [0.25, 0.3) is 5.91 Å². The number of hydrogen-bond donors (Lipinski definition) is 0. The number of nitrogens with zero attached hydrogens (tertiary/aromatic N) is 2. The third kappa shape index (κ3) is 5.12. The minimum atomic E-state index is -3.71. The number of carbonyl (C=O) groups excluding carboxylic acids is 2. The highest BCUT2D eigenvalue weighted by Crippen LogP contribution is 2.33. The number of hydrogen-bond acceptors (Lipinski definition) is 7. The van der Waals surface area contributed by atoms with E-state index in [9.17, 15) is 18.0 Å². The first-order chi connectivity index (χ1) is 15.9. The fourth-order valence-electron chi connectivity index (χ4n) is 3.69. The zero-order chi connectivity index (χ0) is 23.4. The molecule has 1 saturated heterocycles. The summed E-state index contributed by atoms with van der Waals surface area (Å²) in [6.45, 7) is 3.38. The molecule has 0 bridgehead atoms. The molecule has 1 fully saturated rings. The fourth-order valence-corrected chi connectivity index (χ4v) is 5.13. The normalized spacial score (nSPS) is 16.3. The van der Waals surface area contributed by atoms with Gasteiger partial charge in [-0.3, -0.25) is 9.59 Å². The van der Waals surface area contributed by atoms with E-state index >= 15 is 0 Å². The molecule has 0 N–H and O–H groups in total. The quantitative estimate of drug-likeness (QED) is 0.565. The maximum atomic E-state index is 13.0. The molecular weight excluding hydrogens is 448 g/mol. The summed E-state index contributed by atoms with van der Waals surface area (Å²) in [5, 5.41) is 0. The SMILES string of the molecule is CCC(=O)c1ccc(OCC(=O)N2CCN(S(=O)(=O)c3ccc4c(c3)OCCO4)CC2)cc1. The van der Waals surface area contributed by atoms with Crippen molar-refractivity contribution < 1.29 is 32.2 Å². The summed E-state index contributed by atoms with van der Waals surface area (Å²) in [7, 11) is -3.71. The van der Waals surface area contributed by atoms with E-state index in [0.29, 0.717) is 42.4 Å². The summed E-state index contributed by atoms with van der Waals surface area (Å²) in [6, 6.07) is 11.3. The van der Waals surface area contributed by atoms with Gasteiger partial charge in [-0.2, -0.15) is 4.31 Å². The van der Waals surface area contributed by atoms with E-state index in [1.54, 1.807) is 42.2 Å². The number of carbonyl (C=O) groups is 2. The van der Waals surface area contributed by atoms with E-state index in [0.717, 1.165) is 0 Å². The first kappa shape index (κ1) is 23.1. The lowest BCUT2D eigenvalue weighted by Gasteiger charge is -2.34. The van der Waals surface area contributed by atoms with Gasteiger partial charge < -0.3 is 19.1 Å². The smallest absolute Gasteiger partial charge is 0.260 e. The molecule has 176 valence electrons. The molecule has 0 aliphatic carbocycles. The first-order valence-corrected chi connectivity index (χ1v) is 12.3. The molecule has 4 rings (SSSR count). The number of sulfonamides is 1. The molecule has 0 radical (unpaired) electrons. The summed E-state index contributed by atoms with van der Waals surface area (Å²) in [5.74, 6) is 1.26. The second kappa shape index (κ2) is 9.80. The number of ketones is 1. The molecule has 2 aromatic carbocycles. The molecule has 0 aromatic heterocycles. The summed E-state index contributed by atoms with van der Waals surface area (Å²) in [6.07, 6.45) is 0.426. The van der Waals surface area contributed by atoms with Gasteiger partial charge in [-0.05, 0) is 36.4 Å². The average Bonchev–Trinajstić information content (AvgIpc) is 2.86. The van der Waals surface area contributed by atoms with Crippen LogP contribution in [0, 0.1) is 0 Å². The monoisotopic (exact) mass is 474 g/mol.